The highest BCUT2D eigenvalue weighted by atomic mass is 32.2. The molecule has 1 aromatic heterocycles. The average Bonchev–Trinajstić information content (AvgIpc) is 3.10. The van der Waals surface area contributed by atoms with Gasteiger partial charge in [0.15, 0.2) is 0 Å². The van der Waals surface area contributed by atoms with Crippen LogP contribution in [0.25, 0.3) is 0 Å². The SMILES string of the molecule is CCCS(=O)(=O)Nc1cccc(NC(=O)c2sc(NC(=O)c3cccc(F)c3)cc2C)c1C. The third-order valence-corrected chi connectivity index (χ3v) is 7.40. The van der Waals surface area contributed by atoms with Gasteiger partial charge in [-0.3, -0.25) is 14.3 Å². The van der Waals surface area contributed by atoms with E-state index in [-0.39, 0.29) is 17.2 Å². The fraction of sp³-hybridized carbons (Fsp3) is 0.217. The molecule has 3 aromatic rings. The Kier molecular flexibility index (Phi) is 7.50. The van der Waals surface area contributed by atoms with Crippen LogP contribution in [0.15, 0.2) is 48.5 Å². The smallest absolute Gasteiger partial charge is 0.266 e. The van der Waals surface area contributed by atoms with Gasteiger partial charge in [0, 0.05) is 11.3 Å². The zero-order valence-corrected chi connectivity index (χ0v) is 20.0. The molecule has 0 aliphatic heterocycles. The van der Waals surface area contributed by atoms with E-state index in [4.69, 9.17) is 0 Å². The lowest BCUT2D eigenvalue weighted by Gasteiger charge is -2.14. The number of aryl methyl sites for hydroxylation is 1. The van der Waals surface area contributed by atoms with Crippen molar-refractivity contribution in [1.29, 1.82) is 0 Å². The molecule has 3 rings (SSSR count). The van der Waals surface area contributed by atoms with Crippen LogP contribution in [0.4, 0.5) is 20.8 Å². The lowest BCUT2D eigenvalue weighted by Crippen LogP contribution is -2.18. The Morgan fingerprint density at radius 1 is 0.970 bits per heavy atom. The molecule has 0 atom stereocenters. The van der Waals surface area contributed by atoms with Crippen molar-refractivity contribution in [3.05, 3.63) is 75.9 Å². The molecule has 0 unspecified atom stereocenters. The van der Waals surface area contributed by atoms with Crippen LogP contribution in [0.2, 0.25) is 0 Å². The number of hydrogen-bond donors (Lipinski definition) is 3. The number of hydrogen-bond acceptors (Lipinski definition) is 5. The zero-order chi connectivity index (χ0) is 24.2. The summed E-state index contributed by atoms with van der Waals surface area (Å²) < 4.78 is 40.1. The van der Waals surface area contributed by atoms with Gasteiger partial charge in [-0.25, -0.2) is 12.8 Å². The molecule has 0 radical (unpaired) electrons. The van der Waals surface area contributed by atoms with E-state index in [1.165, 1.54) is 18.2 Å². The van der Waals surface area contributed by atoms with Crippen molar-refractivity contribution < 1.29 is 22.4 Å². The molecular formula is C23H24FN3O4S2. The van der Waals surface area contributed by atoms with Gasteiger partial charge in [0.05, 0.1) is 21.3 Å². The Bertz CT molecular complexity index is 1300. The third kappa shape index (κ3) is 6.17. The topological polar surface area (TPSA) is 104 Å². The highest BCUT2D eigenvalue weighted by Crippen LogP contribution is 2.30. The second-order valence-electron chi connectivity index (χ2n) is 7.44. The Hall–Kier alpha value is -3.24. The van der Waals surface area contributed by atoms with Crippen LogP contribution in [0.1, 0.15) is 44.5 Å². The number of nitrogens with one attached hydrogen (secondary N) is 3. The van der Waals surface area contributed by atoms with Crippen molar-refractivity contribution in [2.75, 3.05) is 21.1 Å². The molecule has 33 heavy (non-hydrogen) atoms. The molecule has 3 N–H and O–H groups in total. The van der Waals surface area contributed by atoms with Crippen LogP contribution < -0.4 is 15.4 Å². The lowest BCUT2D eigenvalue weighted by molar-refractivity contribution is 0.101. The van der Waals surface area contributed by atoms with Crippen LogP contribution in [0.5, 0.6) is 0 Å². The number of sulfonamides is 1. The van der Waals surface area contributed by atoms with Gasteiger partial charge >= 0.3 is 0 Å². The van der Waals surface area contributed by atoms with Gasteiger partial charge < -0.3 is 10.6 Å². The molecule has 10 heteroatoms. The number of amides is 2. The minimum absolute atomic E-state index is 0.00152. The van der Waals surface area contributed by atoms with E-state index in [1.54, 1.807) is 45.0 Å². The Balaban J connectivity index is 1.76. The van der Waals surface area contributed by atoms with Crippen molar-refractivity contribution in [2.24, 2.45) is 0 Å². The summed E-state index contributed by atoms with van der Waals surface area (Å²) >= 11 is 1.09. The minimum Gasteiger partial charge on any atom is -0.321 e. The second kappa shape index (κ2) is 10.1. The lowest BCUT2D eigenvalue weighted by atomic mass is 10.1. The largest absolute Gasteiger partial charge is 0.321 e. The summed E-state index contributed by atoms with van der Waals surface area (Å²) in [6.45, 7) is 5.23. The molecule has 0 bridgehead atoms. The standard InChI is InChI=1S/C23H24FN3O4S2/c1-4-11-33(30,31)27-19-10-6-9-18(15(19)3)25-23(29)21-14(2)12-20(32-21)26-22(28)16-7-5-8-17(24)13-16/h5-10,12-13,27H,4,11H2,1-3H3,(H,25,29)(H,26,28). The maximum Gasteiger partial charge on any atom is 0.266 e. The van der Waals surface area contributed by atoms with E-state index in [0.29, 0.717) is 38.8 Å². The van der Waals surface area contributed by atoms with Gasteiger partial charge in [-0.05, 0) is 67.8 Å². The first-order valence-electron chi connectivity index (χ1n) is 10.2. The fourth-order valence-corrected chi connectivity index (χ4v) is 5.29. The first-order chi connectivity index (χ1) is 15.6. The van der Waals surface area contributed by atoms with E-state index < -0.39 is 21.7 Å². The van der Waals surface area contributed by atoms with E-state index in [0.717, 1.165) is 17.4 Å². The summed E-state index contributed by atoms with van der Waals surface area (Å²) in [6, 6.07) is 12.0. The van der Waals surface area contributed by atoms with E-state index in [1.807, 2.05) is 0 Å². The molecule has 2 amide bonds. The quantitative estimate of drug-likeness (QED) is 0.406. The molecule has 1 heterocycles. The number of anilines is 3. The maximum absolute atomic E-state index is 13.4. The molecule has 0 fully saturated rings. The Labute approximate surface area is 196 Å². The fourth-order valence-electron chi connectivity index (χ4n) is 3.13. The van der Waals surface area contributed by atoms with Gasteiger partial charge in [-0.2, -0.15) is 0 Å². The molecule has 0 aliphatic carbocycles. The molecule has 2 aromatic carbocycles. The first kappa shape index (κ1) is 24.4. The van der Waals surface area contributed by atoms with Crippen LogP contribution >= 0.6 is 11.3 Å². The van der Waals surface area contributed by atoms with Crippen molar-refractivity contribution in [3.8, 4) is 0 Å². The highest BCUT2D eigenvalue weighted by Gasteiger charge is 2.18. The average molecular weight is 490 g/mol. The van der Waals surface area contributed by atoms with Crippen molar-refractivity contribution in [2.45, 2.75) is 27.2 Å². The summed E-state index contributed by atoms with van der Waals surface area (Å²) in [5, 5.41) is 5.93. The monoisotopic (exact) mass is 489 g/mol. The number of rotatable bonds is 8. The molecule has 0 saturated heterocycles. The molecule has 174 valence electrons. The van der Waals surface area contributed by atoms with Gasteiger partial charge in [0.2, 0.25) is 10.0 Å². The summed E-state index contributed by atoms with van der Waals surface area (Å²) in [5.41, 5.74) is 2.27. The van der Waals surface area contributed by atoms with Crippen LogP contribution in [-0.2, 0) is 10.0 Å². The summed E-state index contributed by atoms with van der Waals surface area (Å²) in [5.74, 6) is -1.38. The number of halogens is 1. The predicted octanol–water partition coefficient (Wildman–Crippen LogP) is 5.16. The second-order valence-corrected chi connectivity index (χ2v) is 10.3. The zero-order valence-electron chi connectivity index (χ0n) is 18.4. The number of carbonyl (C=O) groups is 2. The molecular weight excluding hydrogens is 465 g/mol. The van der Waals surface area contributed by atoms with Crippen molar-refractivity contribution in [3.63, 3.8) is 0 Å². The maximum atomic E-state index is 13.4. The minimum atomic E-state index is -3.47. The van der Waals surface area contributed by atoms with Crippen molar-refractivity contribution >= 4 is 49.6 Å². The highest BCUT2D eigenvalue weighted by molar-refractivity contribution is 7.92. The van der Waals surface area contributed by atoms with Gasteiger partial charge in [-0.15, -0.1) is 11.3 Å². The Morgan fingerprint density at radius 3 is 2.36 bits per heavy atom. The number of carbonyl (C=O) groups excluding carboxylic acids is 2. The van der Waals surface area contributed by atoms with Crippen LogP contribution in [0, 0.1) is 19.7 Å². The van der Waals surface area contributed by atoms with Gasteiger partial charge in [-0.1, -0.05) is 19.1 Å². The third-order valence-electron chi connectivity index (χ3n) is 4.77. The summed E-state index contributed by atoms with van der Waals surface area (Å²) in [7, 11) is -3.47. The predicted molar refractivity (Wildman–Crippen MR) is 130 cm³/mol. The molecule has 0 saturated carbocycles. The number of thiophene rings is 1. The van der Waals surface area contributed by atoms with Crippen LogP contribution in [0.3, 0.4) is 0 Å². The molecule has 0 spiro atoms. The summed E-state index contributed by atoms with van der Waals surface area (Å²) in [6.07, 6.45) is 0.487. The normalized spacial score (nSPS) is 11.2. The first-order valence-corrected chi connectivity index (χ1v) is 12.7. The van der Waals surface area contributed by atoms with E-state index in [9.17, 15) is 22.4 Å². The molecule has 0 aliphatic rings. The van der Waals surface area contributed by atoms with Crippen molar-refractivity contribution in [1.82, 2.24) is 0 Å². The van der Waals surface area contributed by atoms with E-state index in [2.05, 4.69) is 15.4 Å². The van der Waals surface area contributed by atoms with Gasteiger partial charge in [0.25, 0.3) is 11.8 Å². The Morgan fingerprint density at radius 2 is 1.67 bits per heavy atom. The van der Waals surface area contributed by atoms with Gasteiger partial charge in [0.1, 0.15) is 5.82 Å². The number of benzene rings is 2. The van der Waals surface area contributed by atoms with Crippen LogP contribution in [-0.4, -0.2) is 26.0 Å². The van der Waals surface area contributed by atoms with E-state index >= 15 is 0 Å². The summed E-state index contributed by atoms with van der Waals surface area (Å²) in [4.78, 5) is 25.7. The molecule has 7 nitrogen and oxygen atoms in total.